The zero-order valence-corrected chi connectivity index (χ0v) is 6.93. The molecular formula is C8H15N3. The Bertz CT molecular complexity index is 184. The molecule has 3 N–H and O–H groups in total. The van der Waals surface area contributed by atoms with Crippen LogP contribution < -0.4 is 5.73 Å². The second kappa shape index (κ2) is 3.16. The van der Waals surface area contributed by atoms with Gasteiger partial charge in [-0.1, -0.05) is 0 Å². The minimum absolute atomic E-state index is 0.0978. The van der Waals surface area contributed by atoms with E-state index in [2.05, 4.69) is 11.0 Å². The average molecular weight is 153 g/mol. The molecule has 0 aromatic heterocycles. The molecule has 0 unspecified atom stereocenters. The van der Waals surface area contributed by atoms with Gasteiger partial charge in [0.2, 0.25) is 0 Å². The third-order valence-electron chi connectivity index (χ3n) is 2.32. The number of hydrogen-bond acceptors (Lipinski definition) is 3. The molecular weight excluding hydrogens is 138 g/mol. The van der Waals surface area contributed by atoms with E-state index < -0.39 is 0 Å². The first-order valence-corrected chi connectivity index (χ1v) is 4.05. The Hall–Kier alpha value is -0.660. The van der Waals surface area contributed by atoms with E-state index in [9.17, 15) is 0 Å². The van der Waals surface area contributed by atoms with Crippen LogP contribution in [0, 0.1) is 5.41 Å². The van der Waals surface area contributed by atoms with Crippen LogP contribution in [0.25, 0.3) is 0 Å². The van der Waals surface area contributed by atoms with Gasteiger partial charge in [0.05, 0.1) is 11.5 Å². The summed E-state index contributed by atoms with van der Waals surface area (Å²) in [5, 5.41) is 6.77. The van der Waals surface area contributed by atoms with Crippen molar-refractivity contribution in [2.45, 2.75) is 44.2 Å². The van der Waals surface area contributed by atoms with E-state index in [1.54, 1.807) is 0 Å². The Kier molecular flexibility index (Phi) is 2.42. The van der Waals surface area contributed by atoms with Crippen LogP contribution in [0.4, 0.5) is 0 Å². The first kappa shape index (κ1) is 8.44. The number of nitrogens with zero attached hydrogens (tertiary/aromatic N) is 1. The standard InChI is InChI=1S/C8H15N3/c1-8(11-6-9)4-2-3-7(10)5-8/h7,9H,2-5,10H2,1H3/t7-,8+/m1/s1. The summed E-state index contributed by atoms with van der Waals surface area (Å²) in [6.07, 6.45) is 4.18. The monoisotopic (exact) mass is 153 g/mol. The lowest BCUT2D eigenvalue weighted by Gasteiger charge is -2.31. The van der Waals surface area contributed by atoms with Crippen LogP contribution in [0.15, 0.2) is 4.99 Å². The molecule has 0 radical (unpaired) electrons. The highest BCUT2D eigenvalue weighted by atomic mass is 14.9. The fourth-order valence-corrected chi connectivity index (χ4v) is 1.75. The highest BCUT2D eigenvalue weighted by molar-refractivity contribution is 5.37. The minimum atomic E-state index is -0.0978. The Morgan fingerprint density at radius 3 is 3.00 bits per heavy atom. The lowest BCUT2D eigenvalue weighted by Crippen LogP contribution is -2.37. The highest BCUT2D eigenvalue weighted by Crippen LogP contribution is 2.29. The number of aliphatic imine (C=N–C) groups is 1. The number of nitrogens with two attached hydrogens (primary N) is 1. The molecule has 0 heterocycles. The van der Waals surface area contributed by atoms with Crippen molar-refractivity contribution in [2.24, 2.45) is 10.7 Å². The van der Waals surface area contributed by atoms with Gasteiger partial charge < -0.3 is 5.73 Å². The molecule has 62 valence electrons. The Balaban J connectivity index is 2.62. The largest absolute Gasteiger partial charge is 0.328 e. The minimum Gasteiger partial charge on any atom is -0.328 e. The van der Waals surface area contributed by atoms with Gasteiger partial charge in [-0.2, -0.15) is 0 Å². The normalized spacial score (nSPS) is 37.8. The molecule has 0 spiro atoms. The van der Waals surface area contributed by atoms with Crippen molar-refractivity contribution >= 4 is 6.01 Å². The maximum atomic E-state index is 6.77. The Morgan fingerprint density at radius 2 is 2.45 bits per heavy atom. The molecule has 1 fully saturated rings. The first-order chi connectivity index (χ1) is 5.16. The van der Waals surface area contributed by atoms with Crippen LogP contribution >= 0.6 is 0 Å². The average Bonchev–Trinajstić information content (AvgIpc) is 1.86. The van der Waals surface area contributed by atoms with E-state index in [4.69, 9.17) is 11.1 Å². The molecule has 2 atom stereocenters. The predicted molar refractivity (Wildman–Crippen MR) is 45.0 cm³/mol. The third kappa shape index (κ3) is 2.14. The summed E-state index contributed by atoms with van der Waals surface area (Å²) in [6, 6.07) is 2.39. The maximum Gasteiger partial charge on any atom is 0.0867 e. The van der Waals surface area contributed by atoms with Gasteiger partial charge in [-0.05, 0) is 32.6 Å². The number of rotatable bonds is 1. The van der Waals surface area contributed by atoms with E-state index in [0.717, 1.165) is 25.7 Å². The van der Waals surface area contributed by atoms with E-state index in [1.165, 1.54) is 0 Å². The molecule has 0 saturated heterocycles. The first-order valence-electron chi connectivity index (χ1n) is 4.05. The third-order valence-corrected chi connectivity index (χ3v) is 2.32. The molecule has 11 heavy (non-hydrogen) atoms. The highest BCUT2D eigenvalue weighted by Gasteiger charge is 2.29. The van der Waals surface area contributed by atoms with Crippen molar-refractivity contribution in [3.63, 3.8) is 0 Å². The second-order valence-corrected chi connectivity index (χ2v) is 3.58. The quantitative estimate of drug-likeness (QED) is 0.549. The Labute approximate surface area is 67.2 Å². The van der Waals surface area contributed by atoms with Gasteiger partial charge in [0, 0.05) is 6.04 Å². The van der Waals surface area contributed by atoms with Crippen molar-refractivity contribution in [1.29, 1.82) is 5.41 Å². The van der Waals surface area contributed by atoms with Crippen molar-refractivity contribution in [3.05, 3.63) is 0 Å². The zero-order chi connectivity index (χ0) is 8.32. The summed E-state index contributed by atoms with van der Waals surface area (Å²) in [4.78, 5) is 4.00. The second-order valence-electron chi connectivity index (χ2n) is 3.58. The molecule has 3 nitrogen and oxygen atoms in total. The van der Waals surface area contributed by atoms with Crippen LogP contribution in [-0.4, -0.2) is 17.6 Å². The van der Waals surface area contributed by atoms with E-state index in [0.29, 0.717) is 0 Å². The maximum absolute atomic E-state index is 6.77. The molecule has 0 amide bonds. The molecule has 0 bridgehead atoms. The van der Waals surface area contributed by atoms with Gasteiger partial charge in [-0.25, -0.2) is 10.4 Å². The van der Waals surface area contributed by atoms with Crippen LogP contribution in [-0.2, 0) is 0 Å². The van der Waals surface area contributed by atoms with Gasteiger partial charge in [-0.3, -0.25) is 0 Å². The van der Waals surface area contributed by atoms with Gasteiger partial charge in [-0.15, -0.1) is 0 Å². The fraction of sp³-hybridized carbons (Fsp3) is 0.875. The summed E-state index contributed by atoms with van der Waals surface area (Å²) >= 11 is 0. The molecule has 1 aliphatic carbocycles. The topological polar surface area (TPSA) is 62.2 Å². The number of hydrogen-bond donors (Lipinski definition) is 2. The van der Waals surface area contributed by atoms with Crippen molar-refractivity contribution in [3.8, 4) is 0 Å². The smallest absolute Gasteiger partial charge is 0.0867 e. The summed E-state index contributed by atoms with van der Waals surface area (Å²) in [7, 11) is 0. The van der Waals surface area contributed by atoms with Crippen LogP contribution in [0.1, 0.15) is 32.6 Å². The molecule has 0 aromatic rings. The molecule has 3 heteroatoms. The van der Waals surface area contributed by atoms with Crippen molar-refractivity contribution < 1.29 is 0 Å². The van der Waals surface area contributed by atoms with Crippen molar-refractivity contribution in [2.75, 3.05) is 0 Å². The summed E-state index contributed by atoms with van der Waals surface area (Å²) < 4.78 is 0. The SMILES string of the molecule is C[C@]1(N=C=N)CCC[C@@H](N)C1. The summed E-state index contributed by atoms with van der Waals surface area (Å²) in [5.41, 5.74) is 5.69. The molecule has 0 aromatic carbocycles. The lowest BCUT2D eigenvalue weighted by atomic mass is 9.81. The summed E-state index contributed by atoms with van der Waals surface area (Å²) in [6.45, 7) is 2.05. The molecule has 0 aliphatic heterocycles. The van der Waals surface area contributed by atoms with E-state index in [1.807, 2.05) is 6.92 Å². The molecule has 1 rings (SSSR count). The van der Waals surface area contributed by atoms with Crippen LogP contribution in [0.2, 0.25) is 0 Å². The molecule has 1 saturated carbocycles. The van der Waals surface area contributed by atoms with Gasteiger partial charge in [0.25, 0.3) is 0 Å². The lowest BCUT2D eigenvalue weighted by molar-refractivity contribution is 0.295. The fourth-order valence-electron chi connectivity index (χ4n) is 1.75. The van der Waals surface area contributed by atoms with Crippen LogP contribution in [0.3, 0.4) is 0 Å². The zero-order valence-electron chi connectivity index (χ0n) is 6.93. The molecule has 1 aliphatic rings. The summed E-state index contributed by atoms with van der Waals surface area (Å²) in [5.74, 6) is 0. The van der Waals surface area contributed by atoms with E-state index in [-0.39, 0.29) is 11.6 Å². The van der Waals surface area contributed by atoms with E-state index >= 15 is 0 Å². The van der Waals surface area contributed by atoms with Crippen LogP contribution in [0.5, 0.6) is 0 Å². The predicted octanol–water partition coefficient (Wildman–Crippen LogP) is 1.40. The van der Waals surface area contributed by atoms with Gasteiger partial charge in [0.1, 0.15) is 0 Å². The van der Waals surface area contributed by atoms with Crippen molar-refractivity contribution in [1.82, 2.24) is 0 Å². The van der Waals surface area contributed by atoms with Gasteiger partial charge >= 0.3 is 0 Å². The number of nitrogens with one attached hydrogen (secondary N) is 1. The van der Waals surface area contributed by atoms with Gasteiger partial charge in [0.15, 0.2) is 0 Å². The Morgan fingerprint density at radius 1 is 1.73 bits per heavy atom.